The molecule has 0 bridgehead atoms. The van der Waals surface area contributed by atoms with Crippen LogP contribution in [0.15, 0.2) is 0 Å². The van der Waals surface area contributed by atoms with E-state index in [1.54, 1.807) is 0 Å². The molecule has 16 heavy (non-hydrogen) atoms. The first-order valence-corrected chi connectivity index (χ1v) is 2.83. The Morgan fingerprint density at radius 3 is 0.750 bits per heavy atom. The van der Waals surface area contributed by atoms with Gasteiger partial charge in [-0.2, -0.15) is 0 Å². The number of nitrogens with zero attached hydrogens (tertiary/aromatic N) is 3. The van der Waals surface area contributed by atoms with Crippen LogP contribution in [0.2, 0.25) is 0 Å². The summed E-state index contributed by atoms with van der Waals surface area (Å²) in [4.78, 5) is 25.1. The molecular formula is C2H9N3O11. The lowest BCUT2D eigenvalue weighted by molar-refractivity contribution is -0.742. The molecule has 0 radical (unpaired) electrons. The van der Waals surface area contributed by atoms with Crippen molar-refractivity contribution in [1.82, 2.24) is 0 Å². The molecule has 0 aromatic heterocycles. The molecule has 0 aliphatic rings. The Balaban J connectivity index is -0.0000000600. The fourth-order valence-electron chi connectivity index (χ4n) is 0. The molecule has 0 aliphatic carbocycles. The zero-order chi connectivity index (χ0) is 14.1. The molecule has 98 valence electrons. The van der Waals surface area contributed by atoms with Gasteiger partial charge in [0.05, 0.1) is 13.2 Å². The van der Waals surface area contributed by atoms with Crippen LogP contribution in [-0.2, 0) is 0 Å². The van der Waals surface area contributed by atoms with Gasteiger partial charge < -0.3 is 25.8 Å². The third-order valence-corrected chi connectivity index (χ3v) is 0.1000. The smallest absolute Gasteiger partial charge is 0.291 e. The molecule has 0 amide bonds. The van der Waals surface area contributed by atoms with E-state index in [1.165, 1.54) is 0 Å². The van der Waals surface area contributed by atoms with Crippen molar-refractivity contribution in [2.45, 2.75) is 0 Å². The van der Waals surface area contributed by atoms with Gasteiger partial charge in [-0.3, -0.25) is 0 Å². The Kier molecular flexibility index (Phi) is 33.5. The highest BCUT2D eigenvalue weighted by Crippen LogP contribution is 1.40. The lowest BCUT2D eigenvalue weighted by Crippen LogP contribution is -1.85. The third-order valence-electron chi connectivity index (χ3n) is 0.1000. The summed E-state index contributed by atoms with van der Waals surface area (Å²) in [5.74, 6) is 0. The van der Waals surface area contributed by atoms with Crippen LogP contribution in [0, 0.1) is 30.3 Å². The average Bonchev–Trinajstić information content (AvgIpc) is 2.00. The predicted octanol–water partition coefficient (Wildman–Crippen LogP) is -2.07. The Morgan fingerprint density at radius 1 is 0.688 bits per heavy atom. The third kappa shape index (κ3) is 582. The first kappa shape index (κ1) is 23.4. The van der Waals surface area contributed by atoms with E-state index in [4.69, 9.17) is 56.2 Å². The van der Waals surface area contributed by atoms with Crippen molar-refractivity contribution in [3.05, 3.63) is 30.3 Å². The Bertz CT molecular complexity index is 138. The van der Waals surface area contributed by atoms with Crippen molar-refractivity contribution in [3.63, 3.8) is 0 Å². The van der Waals surface area contributed by atoms with Gasteiger partial charge in [0.25, 0.3) is 15.3 Å². The molecule has 5 N–H and O–H groups in total. The highest BCUT2D eigenvalue weighted by Gasteiger charge is 1.66. The van der Waals surface area contributed by atoms with Gasteiger partial charge in [-0.05, 0) is 0 Å². The van der Waals surface area contributed by atoms with E-state index in [9.17, 15) is 0 Å². The molecule has 14 heteroatoms. The summed E-state index contributed by atoms with van der Waals surface area (Å²) in [6, 6.07) is 0. The van der Waals surface area contributed by atoms with Crippen molar-refractivity contribution in [3.8, 4) is 0 Å². The second-order valence-electron chi connectivity index (χ2n) is 1.16. The van der Waals surface area contributed by atoms with Crippen LogP contribution in [0.25, 0.3) is 0 Å². The minimum absolute atomic E-state index is 0.125. The predicted molar refractivity (Wildman–Crippen MR) is 40.5 cm³/mol. The summed E-state index contributed by atoms with van der Waals surface area (Å²) in [7, 11) is 0. The van der Waals surface area contributed by atoms with Crippen molar-refractivity contribution in [2.75, 3.05) is 13.2 Å². The minimum Gasteiger partial charge on any atom is -0.394 e. The molecule has 0 saturated heterocycles. The number of aliphatic hydroxyl groups excluding tert-OH is 2. The van der Waals surface area contributed by atoms with E-state index in [2.05, 4.69) is 0 Å². The molecule has 0 atom stereocenters. The maximum Gasteiger partial charge on any atom is 0.291 e. The van der Waals surface area contributed by atoms with Crippen molar-refractivity contribution in [1.29, 1.82) is 0 Å². The van der Waals surface area contributed by atoms with Crippen LogP contribution in [0.1, 0.15) is 0 Å². The standard InChI is InChI=1S/C2H6O2.3HNO3/c3-1-2-4;3*2-1(3)4/h3-4H,1-2H2;3*(H,2,3,4). The highest BCUT2D eigenvalue weighted by molar-refractivity contribution is 4.06. The quantitative estimate of drug-likeness (QED) is 0.250. The molecule has 0 heterocycles. The first-order valence-electron chi connectivity index (χ1n) is 2.83. The second-order valence-corrected chi connectivity index (χ2v) is 1.16. The zero-order valence-corrected chi connectivity index (χ0v) is 7.44. The Morgan fingerprint density at radius 2 is 0.750 bits per heavy atom. The first-order chi connectivity index (χ1) is 7.11. The largest absolute Gasteiger partial charge is 0.394 e. The van der Waals surface area contributed by atoms with Crippen LogP contribution < -0.4 is 0 Å². The average molecular weight is 251 g/mol. The van der Waals surface area contributed by atoms with E-state index < -0.39 is 15.3 Å². The van der Waals surface area contributed by atoms with Crippen LogP contribution in [0.5, 0.6) is 0 Å². The maximum absolute atomic E-state index is 8.36. The molecule has 0 aromatic carbocycles. The monoisotopic (exact) mass is 251 g/mol. The minimum atomic E-state index is -1.50. The van der Waals surface area contributed by atoms with Crippen molar-refractivity contribution < 1.29 is 41.1 Å². The fraction of sp³-hybridized carbons (Fsp3) is 1.00. The number of hydrogen-bond acceptors (Lipinski definition) is 8. The van der Waals surface area contributed by atoms with Crippen LogP contribution in [0.3, 0.4) is 0 Å². The van der Waals surface area contributed by atoms with Gasteiger partial charge in [0, 0.05) is 0 Å². The highest BCUT2D eigenvalue weighted by atomic mass is 16.9. The van der Waals surface area contributed by atoms with Gasteiger partial charge >= 0.3 is 0 Å². The Hall–Kier alpha value is -2.48. The summed E-state index contributed by atoms with van der Waals surface area (Å²) in [6.45, 7) is -0.250. The summed E-state index contributed by atoms with van der Waals surface area (Å²) >= 11 is 0. The van der Waals surface area contributed by atoms with Crippen LogP contribution >= 0.6 is 0 Å². The van der Waals surface area contributed by atoms with Crippen molar-refractivity contribution in [2.24, 2.45) is 0 Å². The van der Waals surface area contributed by atoms with Crippen molar-refractivity contribution >= 4 is 0 Å². The number of aliphatic hydroxyl groups is 2. The summed E-state index contributed by atoms with van der Waals surface area (Å²) < 4.78 is 0. The SMILES string of the molecule is O=[N+]([O-])O.O=[N+]([O-])O.O=[N+]([O-])O.OCCO. The lowest BCUT2D eigenvalue weighted by atomic mass is 10.8. The number of rotatable bonds is 1. The summed E-state index contributed by atoms with van der Waals surface area (Å²) in [5.41, 5.74) is 0. The van der Waals surface area contributed by atoms with E-state index in [0.29, 0.717) is 0 Å². The zero-order valence-electron chi connectivity index (χ0n) is 7.44. The van der Waals surface area contributed by atoms with Gasteiger partial charge in [0.1, 0.15) is 0 Å². The van der Waals surface area contributed by atoms with E-state index in [-0.39, 0.29) is 13.2 Å². The Labute approximate surface area is 85.9 Å². The van der Waals surface area contributed by atoms with E-state index in [1.807, 2.05) is 0 Å². The van der Waals surface area contributed by atoms with E-state index in [0.717, 1.165) is 0 Å². The van der Waals surface area contributed by atoms with Gasteiger partial charge in [-0.25, -0.2) is 0 Å². The molecule has 0 spiro atoms. The molecule has 0 aromatic rings. The lowest BCUT2D eigenvalue weighted by Gasteiger charge is -1.70. The van der Waals surface area contributed by atoms with Gasteiger partial charge in [0.15, 0.2) is 0 Å². The van der Waals surface area contributed by atoms with Crippen LogP contribution in [-0.4, -0.2) is 54.3 Å². The summed E-state index contributed by atoms with van der Waals surface area (Å²) in [5, 5.41) is 56.2. The molecule has 0 saturated carbocycles. The normalized spacial score (nSPS) is 6.38. The van der Waals surface area contributed by atoms with Gasteiger partial charge in [0.2, 0.25) is 0 Å². The molecule has 0 unspecified atom stereocenters. The fourth-order valence-corrected chi connectivity index (χ4v) is 0. The van der Waals surface area contributed by atoms with Crippen LogP contribution in [0.4, 0.5) is 0 Å². The molecule has 0 aliphatic heterocycles. The van der Waals surface area contributed by atoms with Gasteiger partial charge in [-0.1, -0.05) is 0 Å². The maximum atomic E-state index is 8.36. The molecule has 0 fully saturated rings. The summed E-state index contributed by atoms with van der Waals surface area (Å²) in [6.07, 6.45) is 0. The second kappa shape index (κ2) is 22.9. The molecular weight excluding hydrogens is 242 g/mol. The van der Waals surface area contributed by atoms with Gasteiger partial charge in [-0.15, -0.1) is 30.3 Å². The number of hydrogen-bond donors (Lipinski definition) is 5. The topological polar surface area (TPSA) is 231 Å². The molecule has 0 rings (SSSR count). The van der Waals surface area contributed by atoms with E-state index >= 15 is 0 Å². The molecule has 14 nitrogen and oxygen atoms in total.